The number of hydrogen-bond donors (Lipinski definition) is 3. The summed E-state index contributed by atoms with van der Waals surface area (Å²) in [4.78, 5) is 32.4. The molecule has 0 fully saturated rings. The Morgan fingerprint density at radius 1 is 1.24 bits per heavy atom. The molecule has 3 atom stereocenters. The van der Waals surface area contributed by atoms with Crippen LogP contribution in [0.1, 0.15) is 52.4 Å². The number of carbonyl (C=O) groups excluding carboxylic acids is 2. The van der Waals surface area contributed by atoms with Crippen LogP contribution in [0.3, 0.4) is 0 Å². The molecule has 0 spiro atoms. The maximum atomic E-state index is 14.2. The summed E-state index contributed by atoms with van der Waals surface area (Å²) in [7, 11) is 5.76. The predicted molar refractivity (Wildman–Crippen MR) is 147 cm³/mol. The third kappa shape index (κ3) is 5.98. The summed E-state index contributed by atoms with van der Waals surface area (Å²) < 4.78 is 0. The number of hydrogen-bond acceptors (Lipinski definition) is 7. The van der Waals surface area contributed by atoms with Crippen LogP contribution in [0.5, 0.6) is 0 Å². The van der Waals surface area contributed by atoms with Crippen LogP contribution in [0.25, 0.3) is 0 Å². The fourth-order valence-electron chi connectivity index (χ4n) is 5.79. The van der Waals surface area contributed by atoms with Gasteiger partial charge in [0.25, 0.3) is 0 Å². The van der Waals surface area contributed by atoms with Gasteiger partial charge < -0.3 is 21.3 Å². The number of fused-ring (bicyclic) bond motifs is 2. The molecule has 3 amide bonds. The molecule has 0 radical (unpaired) electrons. The molecule has 0 saturated heterocycles. The van der Waals surface area contributed by atoms with E-state index < -0.39 is 0 Å². The third-order valence-electron chi connectivity index (χ3n) is 7.62. The molecule has 8 nitrogen and oxygen atoms in total. The number of aryl methyl sites for hydroxylation is 2. The van der Waals surface area contributed by atoms with Gasteiger partial charge in [-0.25, -0.2) is 4.79 Å². The molecule has 37 heavy (non-hydrogen) atoms. The van der Waals surface area contributed by atoms with Crippen LogP contribution >= 0.6 is 11.3 Å². The first-order chi connectivity index (χ1) is 17.8. The normalized spacial score (nSPS) is 19.1. The Labute approximate surface area is 223 Å². The van der Waals surface area contributed by atoms with Crippen LogP contribution in [-0.2, 0) is 24.1 Å². The minimum Gasteiger partial charge on any atom is -0.389 e. The Balaban J connectivity index is 1.56. The second-order valence-corrected chi connectivity index (χ2v) is 11.6. The van der Waals surface area contributed by atoms with Crippen molar-refractivity contribution in [2.24, 2.45) is 11.8 Å². The Morgan fingerprint density at radius 3 is 2.76 bits per heavy atom. The molecule has 2 aromatic rings. The fraction of sp³-hybridized carbons (Fsp3) is 0.536. The van der Waals surface area contributed by atoms with Crippen LogP contribution < -0.4 is 16.4 Å². The van der Waals surface area contributed by atoms with Gasteiger partial charge >= 0.3 is 6.03 Å². The molecular weight excluding hydrogens is 484 g/mol. The van der Waals surface area contributed by atoms with E-state index in [4.69, 9.17) is 5.73 Å². The molecule has 1 heterocycles. The molecule has 0 aliphatic heterocycles. The van der Waals surface area contributed by atoms with Crippen LogP contribution in [0.4, 0.5) is 9.80 Å². The number of rotatable bonds is 9. The summed E-state index contributed by atoms with van der Waals surface area (Å²) in [6, 6.07) is 9.81. The van der Waals surface area contributed by atoms with E-state index in [9.17, 15) is 14.9 Å². The molecule has 1 aromatic carbocycles. The van der Waals surface area contributed by atoms with E-state index in [1.165, 1.54) is 26.7 Å². The van der Waals surface area contributed by atoms with Gasteiger partial charge in [-0.15, -0.1) is 11.3 Å². The Hall–Kier alpha value is -2.93. The number of urea groups is 1. The Kier molecular flexibility index (Phi) is 8.85. The van der Waals surface area contributed by atoms with E-state index in [0.29, 0.717) is 36.6 Å². The molecule has 4 N–H and O–H groups in total. The van der Waals surface area contributed by atoms with Gasteiger partial charge in [0.05, 0.1) is 17.5 Å². The zero-order chi connectivity index (χ0) is 26.5. The summed E-state index contributed by atoms with van der Waals surface area (Å²) in [6.45, 7) is 1.67. The highest BCUT2D eigenvalue weighted by molar-refractivity contribution is 7.16. The summed E-state index contributed by atoms with van der Waals surface area (Å²) >= 11 is 1.52. The topological polar surface area (TPSA) is 114 Å². The molecule has 0 bridgehead atoms. The second kappa shape index (κ2) is 12.1. The fourth-order valence-corrected chi connectivity index (χ4v) is 6.85. The number of nitrogens with two attached hydrogens (primary N) is 1. The van der Waals surface area contributed by atoms with Crippen molar-refractivity contribution < 1.29 is 9.59 Å². The standard InChI is InChI=1S/C28H38N6O2S/c1-31-17-20(14-18-8-11-25-22(15-18)23(16-29)26(30)37-25)27(35)34(28(36)32-12-13-33(2)3)24-10-9-19-6-4-5-7-21(19)24/h4-7,18,20,24,31H,8-15,17,30H2,1-3H3,(H,32,36). The van der Waals surface area contributed by atoms with Crippen molar-refractivity contribution in [2.45, 2.75) is 44.6 Å². The van der Waals surface area contributed by atoms with E-state index >= 15 is 0 Å². The zero-order valence-electron chi connectivity index (χ0n) is 22.0. The molecule has 1 aromatic heterocycles. The number of carbonyl (C=O) groups is 2. The minimum atomic E-state index is -0.342. The first-order valence-electron chi connectivity index (χ1n) is 13.1. The number of likely N-dealkylation sites (N-methyl/N-ethyl adjacent to an activating group) is 1. The molecule has 3 unspecified atom stereocenters. The van der Waals surface area contributed by atoms with E-state index in [-0.39, 0.29) is 29.8 Å². The summed E-state index contributed by atoms with van der Waals surface area (Å²) in [5.74, 6) is -0.217. The molecule has 2 aliphatic rings. The van der Waals surface area contributed by atoms with Gasteiger partial charge in [0.1, 0.15) is 11.1 Å². The van der Waals surface area contributed by atoms with Crippen LogP contribution in [0.15, 0.2) is 24.3 Å². The van der Waals surface area contributed by atoms with Gasteiger partial charge in [0, 0.05) is 24.5 Å². The highest BCUT2D eigenvalue weighted by atomic mass is 32.1. The predicted octanol–water partition coefficient (Wildman–Crippen LogP) is 3.32. The largest absolute Gasteiger partial charge is 0.389 e. The van der Waals surface area contributed by atoms with Crippen LogP contribution in [0, 0.1) is 23.2 Å². The molecular formula is C28H38N6O2S. The number of nitrogens with zero attached hydrogens (tertiary/aromatic N) is 3. The van der Waals surface area contributed by atoms with Gasteiger partial charge in [0.15, 0.2) is 0 Å². The first kappa shape index (κ1) is 27.1. The highest BCUT2D eigenvalue weighted by Crippen LogP contribution is 2.40. The van der Waals surface area contributed by atoms with Crippen molar-refractivity contribution in [1.82, 2.24) is 20.4 Å². The minimum absolute atomic E-state index is 0.130. The van der Waals surface area contributed by atoms with Crippen LogP contribution in [-0.4, -0.2) is 62.5 Å². The van der Waals surface area contributed by atoms with Crippen molar-refractivity contribution in [3.05, 3.63) is 51.4 Å². The van der Waals surface area contributed by atoms with Crippen molar-refractivity contribution in [1.29, 1.82) is 5.26 Å². The molecule has 4 rings (SSSR count). The van der Waals surface area contributed by atoms with Crippen molar-refractivity contribution >= 4 is 28.3 Å². The molecule has 198 valence electrons. The van der Waals surface area contributed by atoms with Gasteiger partial charge in [-0.3, -0.25) is 9.69 Å². The van der Waals surface area contributed by atoms with E-state index in [2.05, 4.69) is 22.8 Å². The number of anilines is 1. The zero-order valence-corrected chi connectivity index (χ0v) is 22.9. The number of nitrogens with one attached hydrogen (secondary N) is 2. The maximum absolute atomic E-state index is 14.2. The van der Waals surface area contributed by atoms with Crippen molar-refractivity contribution in [3.8, 4) is 6.07 Å². The summed E-state index contributed by atoms with van der Waals surface area (Å²) in [6.07, 6.45) is 4.84. The Morgan fingerprint density at radius 2 is 2.03 bits per heavy atom. The first-order valence-corrected chi connectivity index (χ1v) is 13.9. The highest BCUT2D eigenvalue weighted by Gasteiger charge is 2.39. The average Bonchev–Trinajstić information content (AvgIpc) is 3.43. The number of amides is 3. The van der Waals surface area contributed by atoms with Gasteiger partial charge in [-0.1, -0.05) is 24.3 Å². The number of nitrogen functional groups attached to an aromatic ring is 1. The summed E-state index contributed by atoms with van der Waals surface area (Å²) in [5.41, 5.74) is 10.0. The number of imide groups is 1. The van der Waals surface area contributed by atoms with Gasteiger partial charge in [0.2, 0.25) is 5.91 Å². The van der Waals surface area contributed by atoms with Crippen LogP contribution in [0.2, 0.25) is 0 Å². The lowest BCUT2D eigenvalue weighted by Crippen LogP contribution is -2.50. The Bertz CT molecular complexity index is 1170. The quantitative estimate of drug-likeness (QED) is 0.466. The van der Waals surface area contributed by atoms with E-state index in [0.717, 1.165) is 43.2 Å². The SMILES string of the molecule is CNCC(CC1CCc2sc(N)c(C#N)c2C1)C(=O)N(C(=O)NCCN(C)C)C1CCc2ccccc21. The van der Waals surface area contributed by atoms with Crippen molar-refractivity contribution in [2.75, 3.05) is 46.5 Å². The lowest BCUT2D eigenvalue weighted by Gasteiger charge is -2.33. The number of benzene rings is 1. The van der Waals surface area contributed by atoms with Crippen molar-refractivity contribution in [3.63, 3.8) is 0 Å². The average molecular weight is 523 g/mol. The van der Waals surface area contributed by atoms with Gasteiger partial charge in [-0.05, 0) is 82.3 Å². The summed E-state index contributed by atoms with van der Waals surface area (Å²) in [5, 5.41) is 16.4. The lowest BCUT2D eigenvalue weighted by atomic mass is 9.80. The number of thiophene rings is 1. The number of nitriles is 1. The second-order valence-electron chi connectivity index (χ2n) is 10.5. The van der Waals surface area contributed by atoms with E-state index in [1.54, 1.807) is 0 Å². The molecule has 9 heteroatoms. The molecule has 0 saturated carbocycles. The molecule has 2 aliphatic carbocycles. The van der Waals surface area contributed by atoms with Gasteiger partial charge in [-0.2, -0.15) is 5.26 Å². The monoisotopic (exact) mass is 522 g/mol. The lowest BCUT2D eigenvalue weighted by molar-refractivity contribution is -0.135. The smallest absolute Gasteiger partial charge is 0.324 e. The third-order valence-corrected chi connectivity index (χ3v) is 8.75. The van der Waals surface area contributed by atoms with E-state index in [1.807, 2.05) is 44.2 Å². The maximum Gasteiger partial charge on any atom is 0.324 e.